The number of nitrogens with one attached hydrogen (secondary N) is 1. The number of aryl methyl sites for hydroxylation is 2. The van der Waals surface area contributed by atoms with Crippen molar-refractivity contribution in [2.75, 3.05) is 19.5 Å². The van der Waals surface area contributed by atoms with Gasteiger partial charge in [-0.25, -0.2) is 9.97 Å². The van der Waals surface area contributed by atoms with E-state index in [-0.39, 0.29) is 11.8 Å². The van der Waals surface area contributed by atoms with Crippen LogP contribution in [0, 0.1) is 13.8 Å². The second kappa shape index (κ2) is 12.0. The molecule has 2 heterocycles. The summed E-state index contributed by atoms with van der Waals surface area (Å²) in [5.41, 5.74) is 7.78. The predicted molar refractivity (Wildman–Crippen MR) is 160 cm³/mol. The average Bonchev–Trinajstić information content (AvgIpc) is 3.43. The molecular weight excluding hydrogens is 514 g/mol. The van der Waals surface area contributed by atoms with Crippen LogP contribution in [0.5, 0.6) is 11.5 Å². The normalized spacial score (nSPS) is 11.6. The highest BCUT2D eigenvalue weighted by Crippen LogP contribution is 2.32. The first-order chi connectivity index (χ1) is 19.8. The van der Waals surface area contributed by atoms with Gasteiger partial charge in [-0.1, -0.05) is 19.1 Å². The third-order valence-corrected chi connectivity index (χ3v) is 6.93. The van der Waals surface area contributed by atoms with E-state index in [1.165, 1.54) is 0 Å². The fourth-order valence-corrected chi connectivity index (χ4v) is 4.80. The molecule has 1 atom stereocenters. The Balaban J connectivity index is 1.30. The molecule has 0 radical (unpaired) electrons. The molecule has 0 saturated carbocycles. The Bertz CT molecular complexity index is 1690. The Hall–Kier alpha value is -4.98. The van der Waals surface area contributed by atoms with Crippen LogP contribution in [0.2, 0.25) is 0 Å². The average molecular weight is 548 g/mol. The molecule has 2 aromatic heterocycles. The van der Waals surface area contributed by atoms with Crippen LogP contribution >= 0.6 is 0 Å². The van der Waals surface area contributed by atoms with E-state index in [1.54, 1.807) is 32.9 Å². The molecule has 8 nitrogen and oxygen atoms in total. The fourth-order valence-electron chi connectivity index (χ4n) is 4.80. The standard InChI is InChI=1S/C33H33N5O3/c1-21-11-26(15-29(12-21)38-19-23(3)35-20-38)33(39)37-27-8-6-7-24(14-27)22(2)13-28-17-34-18-30(36-28)25-9-10-31(40-4)32(16-25)41-5/h6-12,14-20,22H,13H2,1-5H3,(H,37,39)/t22-/m1/s1. The summed E-state index contributed by atoms with van der Waals surface area (Å²) in [7, 11) is 3.23. The zero-order valence-corrected chi connectivity index (χ0v) is 23.9. The number of rotatable bonds is 9. The van der Waals surface area contributed by atoms with Crippen LogP contribution in [0.15, 0.2) is 85.6 Å². The molecule has 0 aliphatic heterocycles. The van der Waals surface area contributed by atoms with Gasteiger partial charge >= 0.3 is 0 Å². The molecule has 41 heavy (non-hydrogen) atoms. The molecule has 0 aliphatic rings. The van der Waals surface area contributed by atoms with Gasteiger partial charge in [0, 0.05) is 34.9 Å². The molecule has 0 unspecified atom stereocenters. The van der Waals surface area contributed by atoms with Gasteiger partial charge in [0.15, 0.2) is 11.5 Å². The Morgan fingerprint density at radius 3 is 2.56 bits per heavy atom. The summed E-state index contributed by atoms with van der Waals surface area (Å²) in [5.74, 6) is 1.29. The molecule has 0 bridgehead atoms. The lowest BCUT2D eigenvalue weighted by Crippen LogP contribution is -2.13. The van der Waals surface area contributed by atoms with E-state index in [0.717, 1.165) is 45.1 Å². The summed E-state index contributed by atoms with van der Waals surface area (Å²) < 4.78 is 12.7. The van der Waals surface area contributed by atoms with Crippen molar-refractivity contribution >= 4 is 11.6 Å². The molecule has 0 spiro atoms. The molecule has 1 N–H and O–H groups in total. The van der Waals surface area contributed by atoms with Crippen molar-refractivity contribution in [1.82, 2.24) is 19.5 Å². The van der Waals surface area contributed by atoms with Gasteiger partial charge in [-0.05, 0) is 85.8 Å². The fraction of sp³-hybridized carbons (Fsp3) is 0.212. The molecule has 5 rings (SSSR count). The molecule has 0 aliphatic carbocycles. The third-order valence-electron chi connectivity index (χ3n) is 6.93. The van der Waals surface area contributed by atoms with Crippen LogP contribution in [0.4, 0.5) is 5.69 Å². The van der Waals surface area contributed by atoms with Gasteiger partial charge in [-0.15, -0.1) is 0 Å². The second-order valence-electron chi connectivity index (χ2n) is 10.1. The topological polar surface area (TPSA) is 91.2 Å². The lowest BCUT2D eigenvalue weighted by molar-refractivity contribution is 0.102. The number of carbonyl (C=O) groups excluding carboxylic acids is 1. The van der Waals surface area contributed by atoms with Gasteiger partial charge in [0.1, 0.15) is 0 Å². The second-order valence-corrected chi connectivity index (χ2v) is 10.1. The summed E-state index contributed by atoms with van der Waals surface area (Å²) in [4.78, 5) is 26.8. The molecule has 208 valence electrons. The molecule has 0 saturated heterocycles. The first-order valence-electron chi connectivity index (χ1n) is 13.4. The number of ether oxygens (including phenoxy) is 2. The number of nitrogens with zero attached hydrogens (tertiary/aromatic N) is 4. The van der Waals surface area contributed by atoms with Gasteiger partial charge in [-0.2, -0.15) is 0 Å². The van der Waals surface area contributed by atoms with Crippen molar-refractivity contribution in [3.63, 3.8) is 0 Å². The maximum Gasteiger partial charge on any atom is 0.255 e. The summed E-state index contributed by atoms with van der Waals surface area (Å²) in [6, 6.07) is 19.4. The minimum Gasteiger partial charge on any atom is -0.493 e. The van der Waals surface area contributed by atoms with E-state index in [9.17, 15) is 4.79 Å². The maximum atomic E-state index is 13.2. The van der Waals surface area contributed by atoms with E-state index in [4.69, 9.17) is 14.5 Å². The van der Waals surface area contributed by atoms with E-state index in [2.05, 4.69) is 28.3 Å². The minimum atomic E-state index is -0.162. The molecule has 0 fully saturated rings. The number of amides is 1. The highest BCUT2D eigenvalue weighted by molar-refractivity contribution is 6.04. The van der Waals surface area contributed by atoms with Crippen molar-refractivity contribution in [3.05, 3.63) is 114 Å². The van der Waals surface area contributed by atoms with Crippen LogP contribution < -0.4 is 14.8 Å². The van der Waals surface area contributed by atoms with Gasteiger partial charge < -0.3 is 19.4 Å². The van der Waals surface area contributed by atoms with Crippen molar-refractivity contribution < 1.29 is 14.3 Å². The molecular formula is C33H33N5O3. The van der Waals surface area contributed by atoms with Crippen LogP contribution in [0.1, 0.15) is 45.7 Å². The van der Waals surface area contributed by atoms with Gasteiger partial charge in [0.05, 0.1) is 43.8 Å². The Morgan fingerprint density at radius 1 is 0.976 bits per heavy atom. The highest BCUT2D eigenvalue weighted by atomic mass is 16.5. The first kappa shape index (κ1) is 27.6. The van der Waals surface area contributed by atoms with Crippen LogP contribution in [0.3, 0.4) is 0 Å². The van der Waals surface area contributed by atoms with Gasteiger partial charge in [0.25, 0.3) is 5.91 Å². The number of carbonyl (C=O) groups is 1. The first-order valence-corrected chi connectivity index (χ1v) is 13.4. The summed E-state index contributed by atoms with van der Waals surface area (Å²) in [6.07, 6.45) is 7.93. The third kappa shape index (κ3) is 6.44. The number of imidazole rings is 1. The molecule has 1 amide bonds. The lowest BCUT2D eigenvalue weighted by Gasteiger charge is -2.15. The van der Waals surface area contributed by atoms with Crippen molar-refractivity contribution in [3.8, 4) is 28.4 Å². The lowest BCUT2D eigenvalue weighted by atomic mass is 9.95. The number of hydrogen-bond acceptors (Lipinski definition) is 6. The number of hydrogen-bond donors (Lipinski definition) is 1. The van der Waals surface area contributed by atoms with E-state index in [1.807, 2.05) is 79.2 Å². The van der Waals surface area contributed by atoms with Crippen molar-refractivity contribution in [1.29, 1.82) is 0 Å². The number of benzene rings is 3. The Labute approximate surface area is 240 Å². The number of methoxy groups -OCH3 is 2. The number of anilines is 1. The van der Waals surface area contributed by atoms with Gasteiger partial charge in [-0.3, -0.25) is 9.78 Å². The SMILES string of the molecule is COc1ccc(-c2cncc(C[C@@H](C)c3cccc(NC(=O)c4cc(C)cc(-n5cnc(C)c5)c4)c3)n2)cc1OC. The minimum absolute atomic E-state index is 0.150. The summed E-state index contributed by atoms with van der Waals surface area (Å²) in [6.45, 7) is 6.07. The smallest absolute Gasteiger partial charge is 0.255 e. The zero-order valence-electron chi connectivity index (χ0n) is 23.9. The molecule has 3 aromatic carbocycles. The summed E-state index contributed by atoms with van der Waals surface area (Å²) >= 11 is 0. The van der Waals surface area contributed by atoms with Gasteiger partial charge in [0.2, 0.25) is 0 Å². The van der Waals surface area contributed by atoms with E-state index < -0.39 is 0 Å². The quantitative estimate of drug-likeness (QED) is 0.225. The highest BCUT2D eigenvalue weighted by Gasteiger charge is 2.14. The van der Waals surface area contributed by atoms with Crippen LogP contribution in [0.25, 0.3) is 16.9 Å². The van der Waals surface area contributed by atoms with E-state index >= 15 is 0 Å². The monoisotopic (exact) mass is 547 g/mol. The largest absolute Gasteiger partial charge is 0.493 e. The van der Waals surface area contributed by atoms with E-state index in [0.29, 0.717) is 23.5 Å². The zero-order chi connectivity index (χ0) is 28.9. The maximum absolute atomic E-state index is 13.2. The summed E-state index contributed by atoms with van der Waals surface area (Å²) in [5, 5.41) is 3.07. The number of aromatic nitrogens is 4. The Kier molecular flexibility index (Phi) is 8.10. The van der Waals surface area contributed by atoms with Crippen molar-refractivity contribution in [2.24, 2.45) is 0 Å². The molecule has 5 aromatic rings. The van der Waals surface area contributed by atoms with Crippen LogP contribution in [-0.2, 0) is 6.42 Å². The Morgan fingerprint density at radius 2 is 1.80 bits per heavy atom. The molecule has 8 heteroatoms. The van der Waals surface area contributed by atoms with Crippen molar-refractivity contribution in [2.45, 2.75) is 33.1 Å². The predicted octanol–water partition coefficient (Wildman–Crippen LogP) is 6.56. The van der Waals surface area contributed by atoms with Crippen LogP contribution in [-0.4, -0.2) is 39.6 Å².